The number of ether oxygens (including phenoxy) is 1. The predicted octanol–water partition coefficient (Wildman–Crippen LogP) is 8.06. The zero-order valence-corrected chi connectivity index (χ0v) is 22.0. The van der Waals surface area contributed by atoms with E-state index >= 15 is 0 Å². The quantitative estimate of drug-likeness (QED) is 0.216. The van der Waals surface area contributed by atoms with E-state index in [0.717, 1.165) is 33.0 Å². The van der Waals surface area contributed by atoms with Gasteiger partial charge in [0, 0.05) is 16.1 Å². The summed E-state index contributed by atoms with van der Waals surface area (Å²) >= 11 is 6.23. The lowest BCUT2D eigenvalue weighted by Crippen LogP contribution is -2.17. The molecule has 0 spiro atoms. The first-order chi connectivity index (χ1) is 18.8. The molecule has 0 aliphatic carbocycles. The molecule has 1 unspecified atom stereocenters. The van der Waals surface area contributed by atoms with Crippen LogP contribution in [0.2, 0.25) is 5.02 Å². The van der Waals surface area contributed by atoms with Crippen LogP contribution in [-0.2, 0) is 16.0 Å². The molecule has 0 bridgehead atoms. The van der Waals surface area contributed by atoms with Crippen molar-refractivity contribution in [1.29, 1.82) is 0 Å². The number of aromatic nitrogens is 1. The Morgan fingerprint density at radius 1 is 0.949 bits per heavy atom. The molecule has 1 aromatic heterocycles. The highest BCUT2D eigenvalue weighted by molar-refractivity contribution is 6.31. The smallest absolute Gasteiger partial charge is 0.412 e. The van der Waals surface area contributed by atoms with Gasteiger partial charge in [-0.2, -0.15) is 0 Å². The molecule has 1 atom stereocenters. The molecular weight excluding hydrogens is 516 g/mol. The van der Waals surface area contributed by atoms with E-state index in [1.807, 2.05) is 72.8 Å². The summed E-state index contributed by atoms with van der Waals surface area (Å²) in [5.41, 5.74) is 5.19. The van der Waals surface area contributed by atoms with Gasteiger partial charge in [-0.3, -0.25) is 10.1 Å². The van der Waals surface area contributed by atoms with Crippen LogP contribution in [0.1, 0.15) is 29.8 Å². The van der Waals surface area contributed by atoms with Gasteiger partial charge in [0.2, 0.25) is 0 Å². The molecular formula is C31H25ClN2O5. The van der Waals surface area contributed by atoms with Gasteiger partial charge in [-0.15, -0.1) is 0 Å². The van der Waals surface area contributed by atoms with Gasteiger partial charge in [0.15, 0.2) is 5.76 Å². The van der Waals surface area contributed by atoms with Gasteiger partial charge >= 0.3 is 12.1 Å². The third-order valence-electron chi connectivity index (χ3n) is 6.46. The lowest BCUT2D eigenvalue weighted by molar-refractivity contribution is -0.136. The lowest BCUT2D eigenvalue weighted by atomic mass is 9.98. The molecule has 0 saturated heterocycles. The maximum atomic E-state index is 12.7. The topological polar surface area (TPSA) is 102 Å². The molecule has 39 heavy (non-hydrogen) atoms. The number of hydrogen-bond acceptors (Lipinski definition) is 5. The second-order valence-electron chi connectivity index (χ2n) is 9.21. The number of nitrogens with one attached hydrogen (secondary N) is 1. The zero-order chi connectivity index (χ0) is 27.5. The van der Waals surface area contributed by atoms with Crippen molar-refractivity contribution in [3.8, 4) is 22.5 Å². The van der Waals surface area contributed by atoms with Crippen molar-refractivity contribution in [3.05, 3.63) is 107 Å². The molecule has 0 radical (unpaired) electrons. The first-order valence-corrected chi connectivity index (χ1v) is 12.7. The monoisotopic (exact) mass is 540 g/mol. The van der Waals surface area contributed by atoms with E-state index in [9.17, 15) is 9.59 Å². The van der Waals surface area contributed by atoms with E-state index in [-0.39, 0.29) is 6.42 Å². The first kappa shape index (κ1) is 26.0. The number of nitrogens with zero attached hydrogens (tertiary/aromatic N) is 1. The van der Waals surface area contributed by atoms with Crippen molar-refractivity contribution in [2.45, 2.75) is 26.4 Å². The Hall–Kier alpha value is -4.62. The van der Waals surface area contributed by atoms with E-state index < -0.39 is 18.2 Å². The van der Waals surface area contributed by atoms with Crippen molar-refractivity contribution in [2.75, 3.05) is 5.32 Å². The number of hydrogen-bond donors (Lipinski definition) is 2. The van der Waals surface area contributed by atoms with Gasteiger partial charge in [0.05, 0.1) is 6.42 Å². The standard InChI is InChI=1S/C31H25ClN2O5/c1-18-29(33-31(37)38-19(2)26-5-3-4-6-27(26)32)30(39-34-18)25-14-13-23-16-22(11-12-24(23)17-25)21-9-7-20(8-10-21)15-28(35)36/h3-14,16-17,19H,15H2,1-2H3,(H,33,37)(H,35,36). The van der Waals surface area contributed by atoms with Crippen molar-refractivity contribution in [2.24, 2.45) is 0 Å². The van der Waals surface area contributed by atoms with Crippen molar-refractivity contribution in [3.63, 3.8) is 0 Å². The Balaban J connectivity index is 1.35. The molecule has 5 rings (SSSR count). The van der Waals surface area contributed by atoms with Crippen LogP contribution >= 0.6 is 11.6 Å². The molecule has 0 aliphatic heterocycles. The number of aryl methyl sites for hydroxylation is 1. The highest BCUT2D eigenvalue weighted by Crippen LogP contribution is 2.34. The molecule has 0 aliphatic rings. The number of benzene rings is 4. The zero-order valence-electron chi connectivity index (χ0n) is 21.3. The molecule has 196 valence electrons. The Labute approximate surface area is 230 Å². The summed E-state index contributed by atoms with van der Waals surface area (Å²) in [6.07, 6.45) is -1.20. The average molecular weight is 541 g/mol. The first-order valence-electron chi connectivity index (χ1n) is 12.3. The van der Waals surface area contributed by atoms with Gasteiger partial charge in [-0.05, 0) is 59.5 Å². The summed E-state index contributed by atoms with van der Waals surface area (Å²) in [4.78, 5) is 23.7. The molecule has 7 nitrogen and oxygen atoms in total. The third-order valence-corrected chi connectivity index (χ3v) is 6.81. The van der Waals surface area contributed by atoms with E-state index in [1.165, 1.54) is 0 Å². The summed E-state index contributed by atoms with van der Waals surface area (Å²) in [5.74, 6) is -0.428. The maximum absolute atomic E-state index is 12.7. The Morgan fingerprint density at radius 3 is 2.28 bits per heavy atom. The van der Waals surface area contributed by atoms with Crippen molar-refractivity contribution < 1.29 is 24.0 Å². The summed E-state index contributed by atoms with van der Waals surface area (Å²) in [6.45, 7) is 3.50. The summed E-state index contributed by atoms with van der Waals surface area (Å²) in [6, 6.07) is 26.7. The van der Waals surface area contributed by atoms with Crippen LogP contribution in [0.3, 0.4) is 0 Å². The number of halogens is 1. The number of carboxylic acid groups (broad SMARTS) is 1. The van der Waals surface area contributed by atoms with Crippen LogP contribution in [0.5, 0.6) is 0 Å². The number of fused-ring (bicyclic) bond motifs is 1. The van der Waals surface area contributed by atoms with Crippen LogP contribution < -0.4 is 5.32 Å². The van der Waals surface area contributed by atoms with Gasteiger partial charge in [-0.1, -0.05) is 83.5 Å². The minimum Gasteiger partial charge on any atom is -0.481 e. The largest absolute Gasteiger partial charge is 0.481 e. The third kappa shape index (κ3) is 5.78. The fourth-order valence-electron chi connectivity index (χ4n) is 4.43. The molecule has 1 amide bonds. The van der Waals surface area contributed by atoms with E-state index in [1.54, 1.807) is 19.9 Å². The fraction of sp³-hybridized carbons (Fsp3) is 0.129. The number of carbonyl (C=O) groups is 2. The second-order valence-corrected chi connectivity index (χ2v) is 9.62. The number of rotatable bonds is 7. The molecule has 8 heteroatoms. The minimum atomic E-state index is -0.854. The Morgan fingerprint density at radius 2 is 1.59 bits per heavy atom. The number of carboxylic acids is 1. The average Bonchev–Trinajstić information content (AvgIpc) is 3.28. The predicted molar refractivity (Wildman–Crippen MR) is 151 cm³/mol. The molecule has 2 N–H and O–H groups in total. The Kier molecular flexibility index (Phi) is 7.34. The molecule has 1 heterocycles. The summed E-state index contributed by atoms with van der Waals surface area (Å²) in [7, 11) is 0. The van der Waals surface area contributed by atoms with Crippen LogP contribution in [0.25, 0.3) is 33.2 Å². The molecule has 4 aromatic carbocycles. The van der Waals surface area contributed by atoms with Gasteiger partial charge in [0.1, 0.15) is 17.5 Å². The van der Waals surface area contributed by atoms with Crippen LogP contribution in [-0.4, -0.2) is 22.3 Å². The number of amides is 1. The van der Waals surface area contributed by atoms with Crippen LogP contribution in [0, 0.1) is 6.92 Å². The lowest BCUT2D eigenvalue weighted by Gasteiger charge is -2.15. The number of aliphatic carboxylic acids is 1. The SMILES string of the molecule is Cc1noc(-c2ccc3cc(-c4ccc(CC(=O)O)cc4)ccc3c2)c1NC(=O)OC(C)c1ccccc1Cl. The van der Waals surface area contributed by atoms with Crippen molar-refractivity contribution in [1.82, 2.24) is 5.16 Å². The normalized spacial score (nSPS) is 11.8. The van der Waals surface area contributed by atoms with E-state index in [4.69, 9.17) is 26.0 Å². The van der Waals surface area contributed by atoms with E-state index in [0.29, 0.717) is 27.7 Å². The van der Waals surface area contributed by atoms with Crippen molar-refractivity contribution >= 4 is 40.1 Å². The summed E-state index contributed by atoms with van der Waals surface area (Å²) < 4.78 is 11.1. The second kappa shape index (κ2) is 11.0. The molecule has 5 aromatic rings. The van der Waals surface area contributed by atoms with Gasteiger partial charge in [-0.25, -0.2) is 4.79 Å². The molecule has 0 fully saturated rings. The van der Waals surface area contributed by atoms with Gasteiger partial charge < -0.3 is 14.4 Å². The molecule has 0 saturated carbocycles. The summed E-state index contributed by atoms with van der Waals surface area (Å²) in [5, 5.41) is 18.3. The van der Waals surface area contributed by atoms with Crippen LogP contribution in [0.4, 0.5) is 10.5 Å². The number of anilines is 1. The van der Waals surface area contributed by atoms with Gasteiger partial charge in [0.25, 0.3) is 0 Å². The highest BCUT2D eigenvalue weighted by Gasteiger charge is 2.21. The Bertz CT molecular complexity index is 1680. The minimum absolute atomic E-state index is 0.00312. The van der Waals surface area contributed by atoms with E-state index in [2.05, 4.69) is 16.5 Å². The fourth-order valence-corrected chi connectivity index (χ4v) is 4.72. The maximum Gasteiger partial charge on any atom is 0.412 e. The highest BCUT2D eigenvalue weighted by atomic mass is 35.5. The number of carbonyl (C=O) groups excluding carboxylic acids is 1. The van der Waals surface area contributed by atoms with Crippen LogP contribution in [0.15, 0.2) is 89.5 Å².